The van der Waals surface area contributed by atoms with Crippen LogP contribution in [0.3, 0.4) is 0 Å². The monoisotopic (exact) mass is 296 g/mol. The summed E-state index contributed by atoms with van der Waals surface area (Å²) in [6.07, 6.45) is 5.19. The molecule has 0 saturated heterocycles. The minimum atomic E-state index is 1.06. The summed E-state index contributed by atoms with van der Waals surface area (Å²) in [5.74, 6) is 0. The number of pyridine rings is 2. The Morgan fingerprint density at radius 2 is 1.61 bits per heavy atom. The van der Waals surface area contributed by atoms with Crippen molar-refractivity contribution >= 4 is 21.7 Å². The maximum Gasteiger partial charge on any atom is 0.0928 e. The second kappa shape index (κ2) is 4.88. The van der Waals surface area contributed by atoms with Crippen molar-refractivity contribution in [3.05, 3.63) is 71.9 Å². The summed E-state index contributed by atoms with van der Waals surface area (Å²) in [5, 5.41) is 3.68. The molecule has 4 aromatic rings. The van der Waals surface area contributed by atoms with Crippen molar-refractivity contribution in [1.82, 2.24) is 9.97 Å². The molecule has 0 amide bonds. The van der Waals surface area contributed by atoms with Gasteiger partial charge in [-0.2, -0.15) is 0 Å². The van der Waals surface area contributed by atoms with Gasteiger partial charge in [-0.1, -0.05) is 42.5 Å². The van der Waals surface area contributed by atoms with E-state index in [9.17, 15) is 0 Å². The van der Waals surface area contributed by atoms with Crippen LogP contribution in [0.25, 0.3) is 33.1 Å². The Balaban J connectivity index is 1.90. The number of aromatic nitrogens is 2. The van der Waals surface area contributed by atoms with E-state index in [0.29, 0.717) is 0 Å². The van der Waals surface area contributed by atoms with Crippen molar-refractivity contribution in [1.29, 1.82) is 0 Å². The highest BCUT2D eigenvalue weighted by molar-refractivity contribution is 6.06. The van der Waals surface area contributed by atoms with E-state index in [1.165, 1.54) is 27.3 Å². The zero-order valence-electron chi connectivity index (χ0n) is 12.8. The van der Waals surface area contributed by atoms with E-state index < -0.39 is 0 Å². The summed E-state index contributed by atoms with van der Waals surface area (Å²) in [6.45, 7) is 0. The molecule has 1 aliphatic carbocycles. The zero-order valence-corrected chi connectivity index (χ0v) is 12.8. The molecule has 2 nitrogen and oxygen atoms in total. The molecular weight excluding hydrogens is 280 g/mol. The van der Waals surface area contributed by atoms with Crippen molar-refractivity contribution in [3.63, 3.8) is 0 Å². The highest BCUT2D eigenvalue weighted by Crippen LogP contribution is 2.33. The van der Waals surface area contributed by atoms with Crippen molar-refractivity contribution < 1.29 is 0 Å². The number of fused-ring (bicyclic) bond motifs is 6. The Labute approximate surface area is 134 Å². The maximum atomic E-state index is 5.08. The molecule has 0 fully saturated rings. The molecule has 0 spiro atoms. The zero-order chi connectivity index (χ0) is 15.2. The first-order chi connectivity index (χ1) is 11.4. The first-order valence-electron chi connectivity index (χ1n) is 8.16. The molecule has 5 rings (SSSR count). The molecule has 0 atom stereocenters. The number of benzene rings is 2. The lowest BCUT2D eigenvalue weighted by molar-refractivity contribution is 0.833. The molecule has 0 aliphatic heterocycles. The fraction of sp³-hybridized carbons (Fsp3) is 0.143. The van der Waals surface area contributed by atoms with E-state index in [0.717, 1.165) is 36.2 Å². The van der Waals surface area contributed by atoms with Gasteiger partial charge in [0.05, 0.1) is 16.9 Å². The third-order valence-electron chi connectivity index (χ3n) is 4.80. The number of rotatable bonds is 0. The second-order valence-electron chi connectivity index (χ2n) is 6.22. The van der Waals surface area contributed by atoms with Crippen LogP contribution in [0.2, 0.25) is 0 Å². The average molecular weight is 296 g/mol. The fourth-order valence-corrected chi connectivity index (χ4v) is 3.67. The van der Waals surface area contributed by atoms with Gasteiger partial charge in [-0.3, -0.25) is 4.98 Å². The summed E-state index contributed by atoms with van der Waals surface area (Å²) in [4.78, 5) is 9.73. The lowest BCUT2D eigenvalue weighted by Crippen LogP contribution is -1.96. The van der Waals surface area contributed by atoms with Gasteiger partial charge in [0.25, 0.3) is 0 Å². The lowest BCUT2D eigenvalue weighted by Gasteiger charge is -2.10. The Bertz CT molecular complexity index is 1050. The molecule has 23 heavy (non-hydrogen) atoms. The lowest BCUT2D eigenvalue weighted by atomic mass is 10.0. The largest absolute Gasteiger partial charge is 0.254 e. The van der Waals surface area contributed by atoms with Crippen LogP contribution in [0.1, 0.15) is 17.5 Å². The van der Waals surface area contributed by atoms with Crippen LogP contribution < -0.4 is 0 Å². The molecule has 1 aliphatic rings. The topological polar surface area (TPSA) is 25.8 Å². The van der Waals surface area contributed by atoms with Gasteiger partial charge in [0.2, 0.25) is 0 Å². The van der Waals surface area contributed by atoms with Crippen LogP contribution in [-0.4, -0.2) is 9.97 Å². The summed E-state index contributed by atoms with van der Waals surface area (Å²) in [6, 6.07) is 19.4. The van der Waals surface area contributed by atoms with E-state index in [2.05, 4.69) is 53.5 Å². The quantitative estimate of drug-likeness (QED) is 0.430. The van der Waals surface area contributed by atoms with Gasteiger partial charge < -0.3 is 0 Å². The van der Waals surface area contributed by atoms with E-state index >= 15 is 0 Å². The van der Waals surface area contributed by atoms with E-state index in [1.807, 2.05) is 12.3 Å². The van der Waals surface area contributed by atoms with Gasteiger partial charge in [-0.15, -0.1) is 0 Å². The van der Waals surface area contributed by atoms with Crippen molar-refractivity contribution in [2.24, 2.45) is 0 Å². The smallest absolute Gasteiger partial charge is 0.0928 e. The normalized spacial score (nSPS) is 13.6. The van der Waals surface area contributed by atoms with Gasteiger partial charge in [0, 0.05) is 17.0 Å². The summed E-state index contributed by atoms with van der Waals surface area (Å²) in [5.41, 5.74) is 5.86. The van der Waals surface area contributed by atoms with Gasteiger partial charge >= 0.3 is 0 Å². The Hall–Kier alpha value is -2.74. The molecule has 0 bridgehead atoms. The van der Waals surface area contributed by atoms with Crippen LogP contribution in [-0.2, 0) is 12.8 Å². The SMILES string of the molecule is c1cnc2c(c1)CCCc1cc3ccc4ccccc4c3nc1-2. The van der Waals surface area contributed by atoms with Crippen LogP contribution in [0.5, 0.6) is 0 Å². The Morgan fingerprint density at radius 3 is 2.61 bits per heavy atom. The van der Waals surface area contributed by atoms with E-state index in [4.69, 9.17) is 4.98 Å². The highest BCUT2D eigenvalue weighted by atomic mass is 14.8. The predicted molar refractivity (Wildman–Crippen MR) is 94.5 cm³/mol. The Kier molecular flexibility index (Phi) is 2.71. The van der Waals surface area contributed by atoms with Crippen molar-refractivity contribution in [2.75, 3.05) is 0 Å². The molecule has 2 aromatic heterocycles. The third kappa shape index (κ3) is 1.95. The Morgan fingerprint density at radius 1 is 0.739 bits per heavy atom. The minimum Gasteiger partial charge on any atom is -0.254 e. The molecule has 0 unspecified atom stereocenters. The predicted octanol–water partition coefficient (Wildman–Crippen LogP) is 4.94. The molecule has 0 N–H and O–H groups in total. The standard InChI is InChI=1S/C21H16N2/c1-2-9-18-14(5-1)10-11-17-13-16-7-3-6-15-8-4-12-22-20(15)21(16)23-19(17)18/h1-2,4-5,8-13H,3,6-7H2. The summed E-state index contributed by atoms with van der Waals surface area (Å²) < 4.78 is 0. The first-order valence-corrected chi connectivity index (χ1v) is 8.16. The van der Waals surface area contributed by atoms with Crippen molar-refractivity contribution in [3.8, 4) is 11.4 Å². The van der Waals surface area contributed by atoms with Gasteiger partial charge in [0.1, 0.15) is 0 Å². The molecular formula is C21H16N2. The first kappa shape index (κ1) is 12.8. The van der Waals surface area contributed by atoms with E-state index in [-0.39, 0.29) is 0 Å². The summed E-state index contributed by atoms with van der Waals surface area (Å²) in [7, 11) is 0. The van der Waals surface area contributed by atoms with Crippen LogP contribution in [0.15, 0.2) is 60.8 Å². The highest BCUT2D eigenvalue weighted by Gasteiger charge is 2.18. The third-order valence-corrected chi connectivity index (χ3v) is 4.80. The number of aryl methyl sites for hydroxylation is 2. The maximum absolute atomic E-state index is 5.08. The van der Waals surface area contributed by atoms with Gasteiger partial charge in [0.15, 0.2) is 0 Å². The number of hydrogen-bond donors (Lipinski definition) is 0. The fourth-order valence-electron chi connectivity index (χ4n) is 3.67. The van der Waals surface area contributed by atoms with Crippen LogP contribution in [0, 0.1) is 0 Å². The van der Waals surface area contributed by atoms with Crippen LogP contribution in [0.4, 0.5) is 0 Å². The number of nitrogens with zero attached hydrogens (tertiary/aromatic N) is 2. The molecule has 0 radical (unpaired) electrons. The van der Waals surface area contributed by atoms with Gasteiger partial charge in [-0.25, -0.2) is 4.98 Å². The van der Waals surface area contributed by atoms with Gasteiger partial charge in [-0.05, 0) is 47.9 Å². The molecule has 2 heterocycles. The van der Waals surface area contributed by atoms with Crippen molar-refractivity contribution in [2.45, 2.75) is 19.3 Å². The molecule has 2 heteroatoms. The summed E-state index contributed by atoms with van der Waals surface area (Å²) >= 11 is 0. The average Bonchev–Trinajstić information content (AvgIpc) is 2.79. The molecule has 0 saturated carbocycles. The molecule has 110 valence electrons. The second-order valence-corrected chi connectivity index (χ2v) is 6.22. The van der Waals surface area contributed by atoms with E-state index in [1.54, 1.807) is 0 Å². The molecule has 2 aromatic carbocycles. The number of hydrogen-bond acceptors (Lipinski definition) is 2. The minimum absolute atomic E-state index is 1.06. The van der Waals surface area contributed by atoms with Crippen LogP contribution >= 0.6 is 0 Å².